The molecule has 1 heterocycles. The molecule has 3 N–H and O–H groups in total. The second-order valence-corrected chi connectivity index (χ2v) is 9.14. The summed E-state index contributed by atoms with van der Waals surface area (Å²) >= 11 is 11.9. The van der Waals surface area contributed by atoms with Gasteiger partial charge in [0.05, 0.1) is 27.8 Å². The first-order valence-electron chi connectivity index (χ1n) is 11.2. The first kappa shape index (κ1) is 26.4. The van der Waals surface area contributed by atoms with Gasteiger partial charge in [0, 0.05) is 23.6 Å². The Hall–Kier alpha value is -3.23. The molecule has 1 atom stereocenters. The summed E-state index contributed by atoms with van der Waals surface area (Å²) < 4.78 is 5.48. The molecular weight excluding hydrogens is 491 g/mol. The van der Waals surface area contributed by atoms with Crippen LogP contribution in [0, 0.1) is 0 Å². The van der Waals surface area contributed by atoms with Gasteiger partial charge in [0.25, 0.3) is 0 Å². The van der Waals surface area contributed by atoms with Gasteiger partial charge in [-0.3, -0.25) is 4.90 Å². The highest BCUT2D eigenvalue weighted by Crippen LogP contribution is 2.33. The molecule has 35 heavy (non-hydrogen) atoms. The lowest BCUT2D eigenvalue weighted by molar-refractivity contribution is -0.143. The quantitative estimate of drug-likeness (QED) is 0.372. The SMILES string of the molecule is CCCN1C(=O)N[C@@H](c2cccc(NC(=O)Nc3ccc(Cl)c(Cl)c3)c2)C(C(=O)OC(C)C)=C1C. The maximum Gasteiger partial charge on any atom is 0.338 e. The zero-order valence-corrected chi connectivity index (χ0v) is 21.5. The van der Waals surface area contributed by atoms with Crippen LogP contribution in [0.5, 0.6) is 0 Å². The highest BCUT2D eigenvalue weighted by atomic mass is 35.5. The molecule has 0 aromatic heterocycles. The van der Waals surface area contributed by atoms with E-state index in [9.17, 15) is 14.4 Å². The highest BCUT2D eigenvalue weighted by Gasteiger charge is 2.36. The number of anilines is 2. The van der Waals surface area contributed by atoms with Crippen LogP contribution in [0.1, 0.15) is 45.7 Å². The Morgan fingerprint density at radius 2 is 1.77 bits per heavy atom. The fourth-order valence-corrected chi connectivity index (χ4v) is 4.03. The second-order valence-electron chi connectivity index (χ2n) is 8.32. The van der Waals surface area contributed by atoms with Crippen molar-refractivity contribution < 1.29 is 19.1 Å². The van der Waals surface area contributed by atoms with E-state index >= 15 is 0 Å². The summed E-state index contributed by atoms with van der Waals surface area (Å²) in [7, 11) is 0. The Balaban J connectivity index is 1.87. The van der Waals surface area contributed by atoms with Crippen LogP contribution in [0.2, 0.25) is 10.0 Å². The van der Waals surface area contributed by atoms with Gasteiger partial charge in [0.1, 0.15) is 0 Å². The molecule has 10 heteroatoms. The number of ether oxygens (including phenoxy) is 1. The Bertz CT molecular complexity index is 1170. The maximum absolute atomic E-state index is 13.0. The van der Waals surface area contributed by atoms with Crippen molar-refractivity contribution in [1.29, 1.82) is 0 Å². The Morgan fingerprint density at radius 3 is 2.40 bits per heavy atom. The molecule has 0 unspecified atom stereocenters. The normalized spacial score (nSPS) is 15.7. The largest absolute Gasteiger partial charge is 0.459 e. The molecular formula is C25H28Cl2N4O4. The molecule has 0 saturated carbocycles. The molecule has 0 radical (unpaired) electrons. The number of nitrogens with zero attached hydrogens (tertiary/aromatic N) is 1. The lowest BCUT2D eigenvalue weighted by atomic mass is 9.94. The molecule has 2 aromatic rings. The van der Waals surface area contributed by atoms with E-state index in [1.165, 1.54) is 0 Å². The first-order chi connectivity index (χ1) is 16.6. The molecule has 4 amide bonds. The lowest BCUT2D eigenvalue weighted by Gasteiger charge is -2.35. The smallest absolute Gasteiger partial charge is 0.338 e. The number of nitrogens with one attached hydrogen (secondary N) is 3. The fourth-order valence-electron chi connectivity index (χ4n) is 3.73. The minimum Gasteiger partial charge on any atom is -0.459 e. The average Bonchev–Trinajstić information content (AvgIpc) is 2.78. The predicted octanol–water partition coefficient (Wildman–Crippen LogP) is 6.34. The fraction of sp³-hybridized carbons (Fsp3) is 0.320. The molecule has 0 saturated heterocycles. The van der Waals surface area contributed by atoms with E-state index in [4.69, 9.17) is 27.9 Å². The van der Waals surface area contributed by atoms with Gasteiger partial charge in [0.2, 0.25) is 0 Å². The van der Waals surface area contributed by atoms with Gasteiger partial charge in [-0.05, 0) is 63.1 Å². The summed E-state index contributed by atoms with van der Waals surface area (Å²) in [6.45, 7) is 7.71. The van der Waals surface area contributed by atoms with Crippen LogP contribution < -0.4 is 16.0 Å². The molecule has 2 aromatic carbocycles. The van der Waals surface area contributed by atoms with Crippen molar-refractivity contribution in [2.24, 2.45) is 0 Å². The van der Waals surface area contributed by atoms with Crippen LogP contribution >= 0.6 is 23.2 Å². The minimum atomic E-state index is -0.735. The van der Waals surface area contributed by atoms with Crippen LogP contribution in [0.15, 0.2) is 53.7 Å². The standard InChI is InChI=1S/C25H28Cl2N4O4/c1-5-11-31-15(4)21(23(32)35-14(2)3)22(30-25(31)34)16-7-6-8-17(12-16)28-24(33)29-18-9-10-19(26)20(27)13-18/h6-10,12-14,22H,5,11H2,1-4H3,(H,30,34)(H2,28,29,33)/t22-/m0/s1. The van der Waals surface area contributed by atoms with Gasteiger partial charge >= 0.3 is 18.0 Å². The predicted molar refractivity (Wildman–Crippen MR) is 138 cm³/mol. The van der Waals surface area contributed by atoms with Gasteiger partial charge in [0.15, 0.2) is 0 Å². The molecule has 1 aliphatic heterocycles. The average molecular weight is 519 g/mol. The summed E-state index contributed by atoms with van der Waals surface area (Å²) in [6.07, 6.45) is 0.411. The molecule has 0 bridgehead atoms. The van der Waals surface area contributed by atoms with Gasteiger partial charge in [-0.15, -0.1) is 0 Å². The van der Waals surface area contributed by atoms with Crippen LogP contribution in [-0.2, 0) is 9.53 Å². The van der Waals surface area contributed by atoms with E-state index in [1.54, 1.807) is 68.1 Å². The van der Waals surface area contributed by atoms with Crippen LogP contribution in [-0.4, -0.2) is 35.6 Å². The summed E-state index contributed by atoms with van der Waals surface area (Å²) in [5.74, 6) is -0.501. The second kappa shape index (κ2) is 11.5. The van der Waals surface area contributed by atoms with Crippen molar-refractivity contribution in [3.05, 3.63) is 69.3 Å². The first-order valence-corrected chi connectivity index (χ1v) is 12.0. The number of hydrogen-bond donors (Lipinski definition) is 3. The monoisotopic (exact) mass is 518 g/mol. The number of rotatable bonds is 7. The number of urea groups is 2. The van der Waals surface area contributed by atoms with Crippen molar-refractivity contribution >= 4 is 52.6 Å². The Morgan fingerprint density at radius 1 is 1.09 bits per heavy atom. The van der Waals surface area contributed by atoms with Crippen molar-refractivity contribution in [1.82, 2.24) is 10.2 Å². The molecule has 0 aliphatic carbocycles. The Labute approximate surface area is 214 Å². The van der Waals surface area contributed by atoms with E-state index in [-0.39, 0.29) is 12.1 Å². The third kappa shape index (κ3) is 6.46. The van der Waals surface area contributed by atoms with Gasteiger partial charge < -0.3 is 20.7 Å². The molecule has 3 rings (SSSR count). The van der Waals surface area contributed by atoms with Gasteiger partial charge in [-0.2, -0.15) is 0 Å². The molecule has 1 aliphatic rings. The van der Waals surface area contributed by atoms with E-state index in [2.05, 4.69) is 16.0 Å². The molecule has 0 fully saturated rings. The third-order valence-electron chi connectivity index (χ3n) is 5.26. The lowest BCUT2D eigenvalue weighted by Crippen LogP contribution is -2.48. The number of halogens is 2. The maximum atomic E-state index is 13.0. The van der Waals surface area contributed by atoms with Gasteiger partial charge in [-0.25, -0.2) is 14.4 Å². The van der Waals surface area contributed by atoms with E-state index < -0.39 is 18.0 Å². The number of allylic oxidation sites excluding steroid dienone is 1. The number of amides is 4. The summed E-state index contributed by atoms with van der Waals surface area (Å²) in [5, 5.41) is 9.05. The molecule has 8 nitrogen and oxygen atoms in total. The van der Waals surface area contributed by atoms with Gasteiger partial charge in [-0.1, -0.05) is 42.3 Å². The van der Waals surface area contributed by atoms with Crippen molar-refractivity contribution in [3.8, 4) is 0 Å². The third-order valence-corrected chi connectivity index (χ3v) is 6.00. The van der Waals surface area contributed by atoms with E-state index in [0.717, 1.165) is 6.42 Å². The zero-order valence-electron chi connectivity index (χ0n) is 19.9. The Kier molecular flexibility index (Phi) is 8.64. The molecule has 186 valence electrons. The molecule has 0 spiro atoms. The summed E-state index contributed by atoms with van der Waals surface area (Å²) in [4.78, 5) is 39.9. The van der Waals surface area contributed by atoms with Crippen molar-refractivity contribution in [3.63, 3.8) is 0 Å². The number of benzene rings is 2. The van der Waals surface area contributed by atoms with Crippen molar-refractivity contribution in [2.75, 3.05) is 17.2 Å². The van der Waals surface area contributed by atoms with E-state index in [0.29, 0.717) is 44.8 Å². The zero-order chi connectivity index (χ0) is 25.7. The van der Waals surface area contributed by atoms with Crippen LogP contribution in [0.3, 0.4) is 0 Å². The van der Waals surface area contributed by atoms with E-state index in [1.807, 2.05) is 6.92 Å². The number of esters is 1. The van der Waals surface area contributed by atoms with Crippen molar-refractivity contribution in [2.45, 2.75) is 46.3 Å². The topological polar surface area (TPSA) is 99.8 Å². The highest BCUT2D eigenvalue weighted by molar-refractivity contribution is 6.42. The van der Waals surface area contributed by atoms with Crippen LogP contribution in [0.4, 0.5) is 21.0 Å². The number of carbonyl (C=O) groups excluding carboxylic acids is 3. The minimum absolute atomic E-state index is 0.300. The number of hydrogen-bond acceptors (Lipinski definition) is 4. The summed E-state index contributed by atoms with van der Waals surface area (Å²) in [6, 6.07) is 10.1. The van der Waals surface area contributed by atoms with Crippen LogP contribution in [0.25, 0.3) is 0 Å². The summed E-state index contributed by atoms with van der Waals surface area (Å²) in [5.41, 5.74) is 2.46. The number of carbonyl (C=O) groups is 3.